The molecule has 2 heterocycles. The Kier molecular flexibility index (Phi) is 6.86. The molecule has 2 aromatic heterocycles. The summed E-state index contributed by atoms with van der Waals surface area (Å²) in [4.78, 5) is 1.84. The maximum Gasteiger partial charge on any atom is 0.136 e. The molecular weight excluding hydrogens is 693 g/mol. The topological polar surface area (TPSA) is 21.3 Å². The van der Waals surface area contributed by atoms with Crippen LogP contribution in [0.1, 0.15) is 5.48 Å². The maximum absolute atomic E-state index is 9.42. The first-order valence-electron chi connectivity index (χ1n) is 21.1. The van der Waals surface area contributed by atoms with Gasteiger partial charge in [0.25, 0.3) is 0 Å². The second-order valence-electron chi connectivity index (χ2n) is 14.2. The van der Waals surface area contributed by atoms with Gasteiger partial charge in [0.1, 0.15) is 11.2 Å². The lowest BCUT2D eigenvalue weighted by Gasteiger charge is -2.26. The van der Waals surface area contributed by atoms with Gasteiger partial charge in [0.2, 0.25) is 0 Å². The monoisotopic (exact) mass is 732 g/mol. The number of benzene rings is 9. The zero-order chi connectivity index (χ0) is 41.2. The van der Waals surface area contributed by atoms with Crippen molar-refractivity contribution >= 4 is 60.8 Å². The average Bonchev–Trinajstić information content (AvgIpc) is 3.86. The van der Waals surface area contributed by atoms with Crippen LogP contribution in [-0.4, -0.2) is 4.57 Å². The van der Waals surface area contributed by atoms with Crippen LogP contribution in [0.2, 0.25) is 0 Å². The van der Waals surface area contributed by atoms with Crippen molar-refractivity contribution in [3.63, 3.8) is 0 Å². The summed E-state index contributed by atoms with van der Waals surface area (Å²) in [5.41, 5.74) is 11.4. The highest BCUT2D eigenvalue weighted by Gasteiger charge is 2.17. The Hall–Kier alpha value is -7.62. The fourth-order valence-corrected chi connectivity index (χ4v) is 8.17. The van der Waals surface area contributed by atoms with E-state index in [-0.39, 0.29) is 35.4 Å². The normalized spacial score (nSPS) is 12.5. The standard InChI is InChI=1S/C54H36N2O/c1-2-12-37(13-3-1)38-22-29-42(30-23-38)55(43-31-24-39(25-32-43)41-28-35-49-48-17-7-11-21-53(48)57-54(49)36-41)44-33-26-40(27-34-44)45-14-4-8-18-50(45)56-51-19-9-5-15-46(51)47-16-6-10-20-52(47)56/h1-36H/i22D,23D,29D,30D. The van der Waals surface area contributed by atoms with Gasteiger partial charge in [-0.15, -0.1) is 0 Å². The van der Waals surface area contributed by atoms with Gasteiger partial charge >= 0.3 is 0 Å². The van der Waals surface area contributed by atoms with Crippen LogP contribution in [0, 0.1) is 0 Å². The molecule has 268 valence electrons. The third kappa shape index (κ3) is 5.68. The van der Waals surface area contributed by atoms with Crippen LogP contribution in [0.4, 0.5) is 17.1 Å². The van der Waals surface area contributed by atoms with Crippen molar-refractivity contribution in [3.05, 3.63) is 218 Å². The Morgan fingerprint density at radius 1 is 0.368 bits per heavy atom. The molecule has 0 spiro atoms. The minimum Gasteiger partial charge on any atom is -0.456 e. The van der Waals surface area contributed by atoms with Gasteiger partial charge in [0.15, 0.2) is 0 Å². The van der Waals surface area contributed by atoms with E-state index in [2.05, 4.69) is 114 Å². The Morgan fingerprint density at radius 3 is 1.60 bits per heavy atom. The summed E-state index contributed by atoms with van der Waals surface area (Å²) < 4.78 is 45.8. The molecule has 0 amide bonds. The molecule has 3 nitrogen and oxygen atoms in total. The van der Waals surface area contributed by atoms with Crippen LogP contribution < -0.4 is 4.90 Å². The van der Waals surface area contributed by atoms with Gasteiger partial charge < -0.3 is 13.9 Å². The van der Waals surface area contributed by atoms with Gasteiger partial charge in [-0.05, 0) is 101 Å². The van der Waals surface area contributed by atoms with Crippen molar-refractivity contribution in [2.75, 3.05) is 4.90 Å². The largest absolute Gasteiger partial charge is 0.456 e. The molecule has 0 atom stereocenters. The van der Waals surface area contributed by atoms with Crippen molar-refractivity contribution in [1.82, 2.24) is 4.57 Å². The van der Waals surface area contributed by atoms with Crippen LogP contribution in [0.25, 0.3) is 82.8 Å². The van der Waals surface area contributed by atoms with E-state index in [1.54, 1.807) is 0 Å². The summed E-state index contributed by atoms with van der Waals surface area (Å²) in [6.07, 6.45) is 0. The van der Waals surface area contributed by atoms with E-state index < -0.39 is 0 Å². The number of nitrogens with zero attached hydrogens (tertiary/aromatic N) is 2. The van der Waals surface area contributed by atoms with Gasteiger partial charge in [-0.25, -0.2) is 0 Å². The van der Waals surface area contributed by atoms with Crippen molar-refractivity contribution in [1.29, 1.82) is 0 Å². The molecule has 57 heavy (non-hydrogen) atoms. The van der Waals surface area contributed by atoms with E-state index in [0.717, 1.165) is 60.9 Å². The zero-order valence-corrected chi connectivity index (χ0v) is 30.8. The molecule has 0 fully saturated rings. The van der Waals surface area contributed by atoms with Gasteiger partial charge in [-0.1, -0.05) is 146 Å². The van der Waals surface area contributed by atoms with Gasteiger partial charge in [-0.2, -0.15) is 0 Å². The molecule has 0 aliphatic rings. The first-order valence-corrected chi connectivity index (χ1v) is 19.1. The number of furan rings is 1. The highest BCUT2D eigenvalue weighted by molar-refractivity contribution is 6.10. The Morgan fingerprint density at radius 2 is 0.895 bits per heavy atom. The summed E-state index contributed by atoms with van der Waals surface area (Å²) in [6, 6.07) is 64.6. The molecule has 0 aliphatic heterocycles. The molecule has 0 radical (unpaired) electrons. The predicted octanol–water partition coefficient (Wildman–Crippen LogP) is 15.2. The molecule has 0 saturated heterocycles. The highest BCUT2D eigenvalue weighted by atomic mass is 16.3. The minimum absolute atomic E-state index is 0.0975. The number of fused-ring (bicyclic) bond motifs is 6. The van der Waals surface area contributed by atoms with Crippen molar-refractivity contribution in [2.45, 2.75) is 0 Å². The fourth-order valence-electron chi connectivity index (χ4n) is 8.17. The van der Waals surface area contributed by atoms with E-state index in [0.29, 0.717) is 16.9 Å². The second kappa shape index (κ2) is 13.6. The molecule has 3 heteroatoms. The van der Waals surface area contributed by atoms with Gasteiger partial charge in [-0.3, -0.25) is 0 Å². The first-order chi connectivity index (χ1) is 29.9. The predicted molar refractivity (Wildman–Crippen MR) is 239 cm³/mol. The van der Waals surface area contributed by atoms with E-state index in [1.165, 1.54) is 10.8 Å². The van der Waals surface area contributed by atoms with Crippen molar-refractivity contribution in [3.8, 4) is 39.1 Å². The first kappa shape index (κ1) is 28.8. The van der Waals surface area contributed by atoms with Crippen molar-refractivity contribution in [2.24, 2.45) is 0 Å². The summed E-state index contributed by atoms with van der Waals surface area (Å²) in [6.45, 7) is 0. The smallest absolute Gasteiger partial charge is 0.136 e. The summed E-state index contributed by atoms with van der Waals surface area (Å²) in [7, 11) is 0. The number of para-hydroxylation sites is 4. The number of aromatic nitrogens is 1. The van der Waals surface area contributed by atoms with E-state index >= 15 is 0 Å². The molecule has 11 aromatic rings. The van der Waals surface area contributed by atoms with E-state index in [9.17, 15) is 5.48 Å². The number of hydrogen-bond donors (Lipinski definition) is 0. The molecular formula is C54H36N2O. The zero-order valence-electron chi connectivity index (χ0n) is 34.8. The molecule has 0 aliphatic carbocycles. The molecule has 11 rings (SSSR count). The van der Waals surface area contributed by atoms with Crippen LogP contribution >= 0.6 is 0 Å². The molecule has 9 aromatic carbocycles. The summed E-state index contributed by atoms with van der Waals surface area (Å²) in [5, 5.41) is 4.52. The fraction of sp³-hybridized carbons (Fsp3) is 0. The van der Waals surface area contributed by atoms with E-state index in [1.807, 2.05) is 89.8 Å². The molecule has 0 N–H and O–H groups in total. The minimum atomic E-state index is -0.125. The number of hydrogen-bond acceptors (Lipinski definition) is 2. The van der Waals surface area contributed by atoms with Gasteiger partial charge in [0.05, 0.1) is 22.2 Å². The Labute approximate surface area is 336 Å². The summed E-state index contributed by atoms with van der Waals surface area (Å²) in [5.74, 6) is 0. The molecule has 0 saturated carbocycles. The van der Waals surface area contributed by atoms with Crippen LogP contribution in [-0.2, 0) is 0 Å². The Bertz CT molecular complexity index is 3380. The van der Waals surface area contributed by atoms with Crippen LogP contribution in [0.15, 0.2) is 223 Å². The number of rotatable bonds is 7. The number of anilines is 3. The second-order valence-corrected chi connectivity index (χ2v) is 14.2. The highest BCUT2D eigenvalue weighted by Crippen LogP contribution is 2.40. The van der Waals surface area contributed by atoms with Crippen LogP contribution in [0.3, 0.4) is 0 Å². The van der Waals surface area contributed by atoms with E-state index in [4.69, 9.17) is 4.42 Å². The lowest BCUT2D eigenvalue weighted by molar-refractivity contribution is 0.669. The van der Waals surface area contributed by atoms with Crippen molar-refractivity contribution < 1.29 is 9.90 Å². The van der Waals surface area contributed by atoms with Crippen LogP contribution in [0.5, 0.6) is 0 Å². The Balaban J connectivity index is 1.04. The third-order valence-electron chi connectivity index (χ3n) is 10.9. The average molecular weight is 733 g/mol. The third-order valence-corrected chi connectivity index (χ3v) is 10.9. The maximum atomic E-state index is 9.42. The summed E-state index contributed by atoms with van der Waals surface area (Å²) >= 11 is 0. The van der Waals surface area contributed by atoms with Gasteiger partial charge in [0, 0.05) is 44.2 Å². The SMILES string of the molecule is [2H]c1c([2H])c(N(c2ccc(-c3ccc4c(c3)oc3ccccc34)cc2)c2ccc(-c3ccccc3-n3c4ccccc4c4ccccc43)cc2)c([2H])c([2H])c1-c1ccccc1. The lowest BCUT2D eigenvalue weighted by atomic mass is 10.0. The molecule has 0 unspecified atom stereocenters. The quantitative estimate of drug-likeness (QED) is 0.163. The molecule has 0 bridgehead atoms. The lowest BCUT2D eigenvalue weighted by Crippen LogP contribution is -2.09.